The molecular weight excluding hydrogens is 492 g/mol. The van der Waals surface area contributed by atoms with Crippen molar-refractivity contribution in [2.75, 3.05) is 12.0 Å². The fourth-order valence-corrected chi connectivity index (χ4v) is 5.20. The molecule has 0 unspecified atom stereocenters. The van der Waals surface area contributed by atoms with Crippen molar-refractivity contribution in [1.82, 2.24) is 5.32 Å². The highest BCUT2D eigenvalue weighted by Gasteiger charge is 2.33. The van der Waals surface area contributed by atoms with E-state index in [2.05, 4.69) is 39.4 Å². The maximum Gasteiger partial charge on any atom is 0.249 e. The van der Waals surface area contributed by atoms with Gasteiger partial charge in [0.05, 0.1) is 13.7 Å². The average molecular weight is 523 g/mol. The molecule has 1 aliphatic heterocycles. The Morgan fingerprint density at radius 3 is 2.65 bits per heavy atom. The summed E-state index contributed by atoms with van der Waals surface area (Å²) in [5.74, 6) is 0.535. The van der Waals surface area contributed by atoms with Gasteiger partial charge in [-0.25, -0.2) is 0 Å². The lowest BCUT2D eigenvalue weighted by Gasteiger charge is -2.28. The molecule has 3 aromatic rings. The van der Waals surface area contributed by atoms with Crippen molar-refractivity contribution < 1.29 is 14.3 Å². The summed E-state index contributed by atoms with van der Waals surface area (Å²) in [6.45, 7) is 4.38. The van der Waals surface area contributed by atoms with Crippen LogP contribution >= 0.6 is 15.9 Å². The summed E-state index contributed by atoms with van der Waals surface area (Å²) in [6.07, 6.45) is 2.83. The standard InChI is InChI=1S/C28H31BrN2O3/c1-4-18(5-2)27(32)30-24-14-10-19-8-6-7-9-25(19)31(28(24)33)17-23-22-13-12-21(29)16-20(22)11-15-26(23)34-3/h6-9,11-13,15-16,18,24H,4-5,10,14,17H2,1-3H3,(H,30,32)/t24-/m0/s1. The maximum absolute atomic E-state index is 13.9. The van der Waals surface area contributed by atoms with E-state index < -0.39 is 6.04 Å². The summed E-state index contributed by atoms with van der Waals surface area (Å²) in [5, 5.41) is 5.17. The molecule has 0 saturated carbocycles. The van der Waals surface area contributed by atoms with Crippen LogP contribution in [-0.2, 0) is 22.6 Å². The number of nitrogens with one attached hydrogen (secondary N) is 1. The predicted molar refractivity (Wildman–Crippen MR) is 140 cm³/mol. The molecule has 6 heteroatoms. The third kappa shape index (κ3) is 4.83. The van der Waals surface area contributed by atoms with Crippen molar-refractivity contribution in [2.45, 2.75) is 52.1 Å². The Kier molecular flexibility index (Phi) is 7.57. The number of para-hydroxylation sites is 1. The Morgan fingerprint density at radius 1 is 1.15 bits per heavy atom. The molecule has 0 bridgehead atoms. The number of rotatable bonds is 7. The second kappa shape index (κ2) is 10.6. The molecule has 0 radical (unpaired) electrons. The largest absolute Gasteiger partial charge is 0.496 e. The molecule has 0 saturated heterocycles. The van der Waals surface area contributed by atoms with Gasteiger partial charge in [0.25, 0.3) is 0 Å². The molecule has 1 N–H and O–H groups in total. The smallest absolute Gasteiger partial charge is 0.249 e. The van der Waals surface area contributed by atoms with Crippen molar-refractivity contribution in [3.05, 3.63) is 70.2 Å². The third-order valence-electron chi connectivity index (χ3n) is 6.81. The first-order valence-corrected chi connectivity index (χ1v) is 12.7. The van der Waals surface area contributed by atoms with E-state index in [0.29, 0.717) is 13.0 Å². The first kappa shape index (κ1) is 24.3. The van der Waals surface area contributed by atoms with Gasteiger partial charge in [0.15, 0.2) is 0 Å². The van der Waals surface area contributed by atoms with Gasteiger partial charge in [-0.1, -0.05) is 60.1 Å². The maximum atomic E-state index is 13.9. The monoisotopic (exact) mass is 522 g/mol. The zero-order valence-electron chi connectivity index (χ0n) is 19.9. The second-order valence-electron chi connectivity index (χ2n) is 8.78. The van der Waals surface area contributed by atoms with Crippen LogP contribution in [0.1, 0.15) is 44.2 Å². The first-order chi connectivity index (χ1) is 16.5. The lowest BCUT2D eigenvalue weighted by atomic mass is 10.0. The zero-order chi connectivity index (χ0) is 24.2. The number of halogens is 1. The molecule has 178 valence electrons. The van der Waals surface area contributed by atoms with Crippen LogP contribution < -0.4 is 15.0 Å². The Bertz CT molecular complexity index is 1210. The second-order valence-corrected chi connectivity index (χ2v) is 9.69. The van der Waals surface area contributed by atoms with Crippen LogP contribution in [0, 0.1) is 5.92 Å². The summed E-state index contributed by atoms with van der Waals surface area (Å²) >= 11 is 3.55. The van der Waals surface area contributed by atoms with E-state index in [1.165, 1.54) is 0 Å². The molecule has 1 atom stereocenters. The first-order valence-electron chi connectivity index (χ1n) is 11.9. The van der Waals surface area contributed by atoms with Gasteiger partial charge in [0, 0.05) is 21.6 Å². The molecule has 3 aromatic carbocycles. The Hall–Kier alpha value is -2.86. The molecule has 0 spiro atoms. The number of methoxy groups -OCH3 is 1. The lowest BCUT2D eigenvalue weighted by molar-refractivity contribution is -0.130. The highest BCUT2D eigenvalue weighted by Crippen LogP contribution is 2.35. The number of ether oxygens (including phenoxy) is 1. The number of fused-ring (bicyclic) bond motifs is 2. The molecule has 0 aromatic heterocycles. The van der Waals surface area contributed by atoms with Gasteiger partial charge in [0.2, 0.25) is 11.8 Å². The summed E-state index contributed by atoms with van der Waals surface area (Å²) in [6, 6.07) is 17.6. The molecule has 5 nitrogen and oxygen atoms in total. The minimum absolute atomic E-state index is 0.0400. The molecule has 2 amide bonds. The number of hydrogen-bond donors (Lipinski definition) is 1. The molecule has 4 rings (SSSR count). The van der Waals surface area contributed by atoms with Gasteiger partial charge >= 0.3 is 0 Å². The topological polar surface area (TPSA) is 58.6 Å². The fourth-order valence-electron chi connectivity index (χ4n) is 4.82. The summed E-state index contributed by atoms with van der Waals surface area (Å²) < 4.78 is 6.71. The van der Waals surface area contributed by atoms with E-state index in [1.54, 1.807) is 7.11 Å². The van der Waals surface area contributed by atoms with Crippen molar-refractivity contribution in [3.8, 4) is 5.75 Å². The number of benzene rings is 3. The zero-order valence-corrected chi connectivity index (χ0v) is 21.5. The van der Waals surface area contributed by atoms with E-state index in [9.17, 15) is 9.59 Å². The van der Waals surface area contributed by atoms with Crippen LogP contribution in [0.2, 0.25) is 0 Å². The van der Waals surface area contributed by atoms with Gasteiger partial charge in [-0.2, -0.15) is 0 Å². The molecule has 1 aliphatic rings. The summed E-state index contributed by atoms with van der Waals surface area (Å²) in [5.41, 5.74) is 2.95. The number of carbonyl (C=O) groups excluding carboxylic acids is 2. The number of amides is 2. The quantitative estimate of drug-likeness (QED) is 0.413. The van der Waals surface area contributed by atoms with Crippen LogP contribution in [0.3, 0.4) is 0 Å². The number of hydrogen-bond acceptors (Lipinski definition) is 3. The van der Waals surface area contributed by atoms with Crippen LogP contribution in [0.5, 0.6) is 5.75 Å². The van der Waals surface area contributed by atoms with Crippen LogP contribution in [0.4, 0.5) is 5.69 Å². The van der Waals surface area contributed by atoms with Crippen LogP contribution in [0.15, 0.2) is 59.1 Å². The number of nitrogens with zero attached hydrogens (tertiary/aromatic N) is 1. The Balaban J connectivity index is 1.76. The van der Waals surface area contributed by atoms with E-state index >= 15 is 0 Å². The van der Waals surface area contributed by atoms with Crippen molar-refractivity contribution in [1.29, 1.82) is 0 Å². The number of anilines is 1. The molecule has 0 fully saturated rings. The minimum atomic E-state index is -0.560. The van der Waals surface area contributed by atoms with Crippen LogP contribution in [-0.4, -0.2) is 25.0 Å². The Labute approximate surface area is 209 Å². The van der Waals surface area contributed by atoms with Gasteiger partial charge < -0.3 is 15.0 Å². The molecular formula is C28H31BrN2O3. The van der Waals surface area contributed by atoms with Crippen molar-refractivity contribution in [3.63, 3.8) is 0 Å². The average Bonchev–Trinajstić information content (AvgIpc) is 2.97. The lowest BCUT2D eigenvalue weighted by Crippen LogP contribution is -2.49. The highest BCUT2D eigenvalue weighted by molar-refractivity contribution is 9.10. The highest BCUT2D eigenvalue weighted by atomic mass is 79.9. The predicted octanol–water partition coefficient (Wildman–Crippen LogP) is 6.01. The number of aryl methyl sites for hydroxylation is 1. The number of carbonyl (C=O) groups is 2. The van der Waals surface area contributed by atoms with Gasteiger partial charge in [-0.05, 0) is 66.3 Å². The van der Waals surface area contributed by atoms with Gasteiger partial charge in [-0.3, -0.25) is 9.59 Å². The van der Waals surface area contributed by atoms with Crippen LogP contribution in [0.25, 0.3) is 10.8 Å². The van der Waals surface area contributed by atoms with Gasteiger partial charge in [0.1, 0.15) is 11.8 Å². The van der Waals surface area contributed by atoms with Crippen molar-refractivity contribution >= 4 is 44.2 Å². The molecule has 0 aliphatic carbocycles. The third-order valence-corrected chi connectivity index (χ3v) is 7.30. The molecule has 34 heavy (non-hydrogen) atoms. The minimum Gasteiger partial charge on any atom is -0.496 e. The van der Waals surface area contributed by atoms with Crippen molar-refractivity contribution in [2.24, 2.45) is 5.92 Å². The fraction of sp³-hybridized carbons (Fsp3) is 0.357. The van der Waals surface area contributed by atoms with E-state index in [4.69, 9.17) is 4.74 Å². The summed E-state index contributed by atoms with van der Waals surface area (Å²) in [4.78, 5) is 28.6. The Morgan fingerprint density at radius 2 is 1.91 bits per heavy atom. The van der Waals surface area contributed by atoms with E-state index in [0.717, 1.165) is 57.1 Å². The van der Waals surface area contributed by atoms with E-state index in [-0.39, 0.29) is 17.7 Å². The van der Waals surface area contributed by atoms with Gasteiger partial charge in [-0.15, -0.1) is 0 Å². The SMILES string of the molecule is CCC(CC)C(=O)N[C@H]1CCc2ccccc2N(Cc2c(OC)ccc3cc(Br)ccc23)C1=O. The normalized spacial score (nSPS) is 15.9. The van der Waals surface area contributed by atoms with E-state index in [1.807, 2.05) is 55.1 Å². The molecule has 1 heterocycles. The summed E-state index contributed by atoms with van der Waals surface area (Å²) in [7, 11) is 1.65.